The average molecular weight is 446 g/mol. The fourth-order valence-electron chi connectivity index (χ4n) is 3.59. The number of hydrogen-bond acceptors (Lipinski definition) is 4. The third-order valence-corrected chi connectivity index (χ3v) is 6.01. The van der Waals surface area contributed by atoms with E-state index in [2.05, 4.69) is 5.32 Å². The first-order valence-electron chi connectivity index (χ1n) is 10.2. The predicted octanol–water partition coefficient (Wildman–Crippen LogP) is 3.25. The van der Waals surface area contributed by atoms with E-state index in [1.54, 1.807) is 30.0 Å². The summed E-state index contributed by atoms with van der Waals surface area (Å²) in [6.07, 6.45) is 2.01. The van der Waals surface area contributed by atoms with Gasteiger partial charge in [0.2, 0.25) is 5.91 Å². The van der Waals surface area contributed by atoms with Crippen LogP contribution in [0.3, 0.4) is 0 Å². The molecule has 0 saturated carbocycles. The van der Waals surface area contributed by atoms with Crippen molar-refractivity contribution in [2.75, 3.05) is 6.26 Å². The molecule has 0 aliphatic carbocycles. The van der Waals surface area contributed by atoms with E-state index in [1.165, 1.54) is 9.13 Å². The van der Waals surface area contributed by atoms with Crippen LogP contribution in [0.4, 0.5) is 0 Å². The van der Waals surface area contributed by atoms with Gasteiger partial charge in [0.15, 0.2) is 0 Å². The molecule has 0 aliphatic heterocycles. The molecule has 1 aromatic heterocycles. The van der Waals surface area contributed by atoms with Crippen molar-refractivity contribution in [1.82, 2.24) is 14.5 Å². The Labute approximate surface area is 189 Å². The van der Waals surface area contributed by atoms with Gasteiger partial charge in [-0.25, -0.2) is 0 Å². The van der Waals surface area contributed by atoms with Gasteiger partial charge < -0.3 is 5.32 Å². The number of amides is 1. The normalized spacial score (nSPS) is 10.9. The lowest BCUT2D eigenvalue weighted by Gasteiger charge is -2.15. The molecule has 32 heavy (non-hydrogen) atoms. The molecule has 7 heteroatoms. The Kier molecular flexibility index (Phi) is 6.56. The minimum absolute atomic E-state index is 0.219. The van der Waals surface area contributed by atoms with E-state index in [0.29, 0.717) is 17.6 Å². The summed E-state index contributed by atoms with van der Waals surface area (Å²) >= 11 is 1.65. The van der Waals surface area contributed by atoms with Gasteiger partial charge in [0, 0.05) is 11.4 Å². The zero-order valence-electron chi connectivity index (χ0n) is 17.7. The van der Waals surface area contributed by atoms with Crippen molar-refractivity contribution in [1.29, 1.82) is 0 Å². The first kappa shape index (κ1) is 21.6. The minimum atomic E-state index is -0.709. The molecule has 0 radical (unpaired) electrons. The summed E-state index contributed by atoms with van der Waals surface area (Å²) in [4.78, 5) is 39.6. The highest BCUT2D eigenvalue weighted by molar-refractivity contribution is 7.98. The maximum atomic E-state index is 12.9. The van der Waals surface area contributed by atoms with Gasteiger partial charge in [-0.1, -0.05) is 54.6 Å². The first-order chi connectivity index (χ1) is 15.6. The van der Waals surface area contributed by atoms with Gasteiger partial charge >= 0.3 is 11.1 Å². The van der Waals surface area contributed by atoms with E-state index in [1.807, 2.05) is 66.9 Å². The highest BCUT2D eigenvalue weighted by Crippen LogP contribution is 2.15. The second-order valence-electron chi connectivity index (χ2n) is 7.38. The van der Waals surface area contributed by atoms with Crippen LogP contribution in [0.15, 0.2) is 93.3 Å². The molecule has 1 amide bonds. The van der Waals surface area contributed by atoms with Crippen LogP contribution in [0.5, 0.6) is 0 Å². The van der Waals surface area contributed by atoms with Gasteiger partial charge in [0.25, 0.3) is 0 Å². The molecule has 3 aromatic carbocycles. The summed E-state index contributed by atoms with van der Waals surface area (Å²) in [5.74, 6) is -0.327. The molecule has 1 heterocycles. The van der Waals surface area contributed by atoms with Gasteiger partial charge in [-0.15, -0.1) is 11.8 Å². The van der Waals surface area contributed by atoms with E-state index in [-0.39, 0.29) is 19.0 Å². The molecule has 162 valence electrons. The Bertz CT molecular complexity index is 1360. The zero-order valence-corrected chi connectivity index (χ0v) is 18.5. The van der Waals surface area contributed by atoms with Gasteiger partial charge in [0.1, 0.15) is 6.54 Å². The predicted molar refractivity (Wildman–Crippen MR) is 128 cm³/mol. The fraction of sp³-hybridized carbons (Fsp3) is 0.160. The molecule has 6 nitrogen and oxygen atoms in total. The lowest BCUT2D eigenvalue weighted by atomic mass is 10.2. The maximum Gasteiger partial charge on any atom is 0.317 e. The molecule has 0 unspecified atom stereocenters. The van der Waals surface area contributed by atoms with E-state index in [0.717, 1.165) is 16.0 Å². The largest absolute Gasteiger partial charge is 0.350 e. The van der Waals surface area contributed by atoms with Crippen LogP contribution in [-0.4, -0.2) is 21.3 Å². The number of rotatable bonds is 7. The Balaban J connectivity index is 1.60. The van der Waals surface area contributed by atoms with E-state index < -0.39 is 11.1 Å². The van der Waals surface area contributed by atoms with Crippen LogP contribution in [0.1, 0.15) is 11.1 Å². The first-order valence-corrected chi connectivity index (χ1v) is 11.4. The topological polar surface area (TPSA) is 73.1 Å². The van der Waals surface area contributed by atoms with Crippen LogP contribution in [-0.2, 0) is 24.4 Å². The van der Waals surface area contributed by atoms with Crippen LogP contribution >= 0.6 is 11.8 Å². The summed E-state index contributed by atoms with van der Waals surface area (Å²) < 4.78 is 2.72. The molecule has 4 rings (SSSR count). The third-order valence-electron chi connectivity index (χ3n) is 5.27. The third kappa shape index (κ3) is 4.68. The SMILES string of the molecule is CSc1ccc(CNC(=O)Cn2c(=O)c(=O)n(Cc3ccccc3)c3ccccc32)cc1. The van der Waals surface area contributed by atoms with Crippen LogP contribution in [0.2, 0.25) is 0 Å². The van der Waals surface area contributed by atoms with Crippen molar-refractivity contribution in [3.05, 3.63) is 111 Å². The standard InChI is InChI=1S/C25H23N3O3S/c1-32-20-13-11-18(12-14-20)15-26-23(29)17-28-22-10-6-5-9-21(22)27(24(30)25(28)31)16-19-7-3-2-4-8-19/h2-14H,15-17H2,1H3,(H,26,29). The number of carbonyl (C=O) groups excluding carboxylic acids is 1. The number of benzene rings is 3. The molecule has 0 atom stereocenters. The van der Waals surface area contributed by atoms with Gasteiger partial charge in [-0.2, -0.15) is 0 Å². The summed E-state index contributed by atoms with van der Waals surface area (Å²) in [5, 5.41) is 2.84. The van der Waals surface area contributed by atoms with E-state index in [4.69, 9.17) is 0 Å². The summed E-state index contributed by atoms with van der Waals surface area (Å²) in [6, 6.07) is 24.6. The lowest BCUT2D eigenvalue weighted by molar-refractivity contribution is -0.121. The van der Waals surface area contributed by atoms with Crippen molar-refractivity contribution in [2.45, 2.75) is 24.5 Å². The molecule has 0 fully saturated rings. The van der Waals surface area contributed by atoms with Crippen LogP contribution in [0, 0.1) is 0 Å². The average Bonchev–Trinajstić information content (AvgIpc) is 2.84. The molecule has 4 aromatic rings. The second-order valence-corrected chi connectivity index (χ2v) is 8.26. The van der Waals surface area contributed by atoms with Crippen molar-refractivity contribution < 1.29 is 4.79 Å². The number of para-hydroxylation sites is 2. The van der Waals surface area contributed by atoms with Crippen molar-refractivity contribution in [3.63, 3.8) is 0 Å². The maximum absolute atomic E-state index is 12.9. The van der Waals surface area contributed by atoms with Crippen molar-refractivity contribution in [2.24, 2.45) is 0 Å². The number of carbonyl (C=O) groups is 1. The van der Waals surface area contributed by atoms with Gasteiger partial charge in [0.05, 0.1) is 17.6 Å². The number of thioether (sulfide) groups is 1. The molecular formula is C25H23N3O3S. The fourth-order valence-corrected chi connectivity index (χ4v) is 4.00. The van der Waals surface area contributed by atoms with Gasteiger partial charge in [-0.3, -0.25) is 23.5 Å². The highest BCUT2D eigenvalue weighted by atomic mass is 32.2. The van der Waals surface area contributed by atoms with Crippen molar-refractivity contribution in [3.8, 4) is 0 Å². The smallest absolute Gasteiger partial charge is 0.317 e. The Morgan fingerprint density at radius 1 is 0.781 bits per heavy atom. The molecular weight excluding hydrogens is 422 g/mol. The molecule has 1 N–H and O–H groups in total. The Morgan fingerprint density at radius 3 is 2.03 bits per heavy atom. The quantitative estimate of drug-likeness (QED) is 0.350. The van der Waals surface area contributed by atoms with Crippen LogP contribution in [0.25, 0.3) is 11.0 Å². The molecule has 0 aliphatic rings. The lowest BCUT2D eigenvalue weighted by Crippen LogP contribution is -2.44. The summed E-state index contributed by atoms with van der Waals surface area (Å²) in [5.41, 5.74) is 1.69. The molecule has 0 spiro atoms. The Hall–Kier alpha value is -3.58. The number of hydrogen-bond donors (Lipinski definition) is 1. The Morgan fingerprint density at radius 2 is 1.38 bits per heavy atom. The number of aromatic nitrogens is 2. The van der Waals surface area contributed by atoms with Crippen molar-refractivity contribution >= 4 is 28.7 Å². The number of nitrogens with zero attached hydrogens (tertiary/aromatic N) is 2. The highest BCUT2D eigenvalue weighted by Gasteiger charge is 2.15. The van der Waals surface area contributed by atoms with E-state index in [9.17, 15) is 14.4 Å². The minimum Gasteiger partial charge on any atom is -0.350 e. The monoisotopic (exact) mass is 445 g/mol. The summed E-state index contributed by atoms with van der Waals surface area (Å²) in [7, 11) is 0. The molecule has 0 saturated heterocycles. The van der Waals surface area contributed by atoms with E-state index >= 15 is 0 Å². The second kappa shape index (κ2) is 9.70. The number of fused-ring (bicyclic) bond motifs is 1. The number of nitrogens with one attached hydrogen (secondary N) is 1. The summed E-state index contributed by atoms with van der Waals surface area (Å²) in [6.45, 7) is 0.420. The van der Waals surface area contributed by atoms with Crippen LogP contribution < -0.4 is 16.4 Å². The molecule has 0 bridgehead atoms. The van der Waals surface area contributed by atoms with Gasteiger partial charge in [-0.05, 0) is 41.6 Å². The zero-order chi connectivity index (χ0) is 22.5.